The molecule has 1 aliphatic heterocycles. The molecule has 0 spiro atoms. The van der Waals surface area contributed by atoms with Gasteiger partial charge in [-0.3, -0.25) is 19.4 Å². The van der Waals surface area contributed by atoms with Crippen LogP contribution in [0, 0.1) is 0 Å². The van der Waals surface area contributed by atoms with Crippen LogP contribution in [0.5, 0.6) is 0 Å². The Balaban J connectivity index is 1.81. The van der Waals surface area contributed by atoms with Gasteiger partial charge in [0.15, 0.2) is 0 Å². The van der Waals surface area contributed by atoms with Gasteiger partial charge in [0.05, 0.1) is 17.4 Å². The van der Waals surface area contributed by atoms with E-state index in [-0.39, 0.29) is 5.91 Å². The van der Waals surface area contributed by atoms with Gasteiger partial charge in [0.1, 0.15) is 18.4 Å². The first kappa shape index (κ1) is 25.8. The van der Waals surface area contributed by atoms with E-state index >= 15 is 0 Å². The van der Waals surface area contributed by atoms with Crippen molar-refractivity contribution in [3.63, 3.8) is 0 Å². The summed E-state index contributed by atoms with van der Waals surface area (Å²) in [5, 5.41) is 8.23. The van der Waals surface area contributed by atoms with Gasteiger partial charge in [-0.1, -0.05) is 31.2 Å². The number of rotatable bonds is 4. The fourth-order valence-electron chi connectivity index (χ4n) is 3.30. The Morgan fingerprint density at radius 3 is 2.32 bits per heavy atom. The summed E-state index contributed by atoms with van der Waals surface area (Å²) in [4.78, 5) is 54.7. The van der Waals surface area contributed by atoms with E-state index < -0.39 is 29.9 Å². The fraction of sp³-hybridized carbons (Fsp3) is 0.375. The Morgan fingerprint density at radius 1 is 1.00 bits per heavy atom. The number of hydrogen-bond donors (Lipinski definition) is 3. The summed E-state index contributed by atoms with van der Waals surface area (Å²) < 4.78 is 0. The van der Waals surface area contributed by atoms with E-state index in [1.807, 2.05) is 24.3 Å². The number of aldehydes is 1. The monoisotopic (exact) mass is 500 g/mol. The average Bonchev–Trinajstić information content (AvgIpc) is 2.86. The Morgan fingerprint density at radius 2 is 1.68 bits per heavy atom. The van der Waals surface area contributed by atoms with Crippen LogP contribution in [0.4, 0.5) is 0 Å². The third-order valence-electron chi connectivity index (χ3n) is 5.14. The highest BCUT2D eigenvalue weighted by Crippen LogP contribution is 2.16. The standard InChI is InChI=1S/C24H28N4O4S2/c1-2-20-23(31)26-19(11-29)14-33-12-17-9-6-10-18(25-17)13-34-15-21(24(32)27-20)28-22(30)16-7-4-3-5-8-16/h3-11,19-21H,2,12-15H2,1H3,(H,26,31)(H,27,32)(H,28,30)/t19-,20+,21+/m1/s1. The molecule has 1 aromatic heterocycles. The number of benzene rings is 1. The van der Waals surface area contributed by atoms with Crippen LogP contribution in [0.1, 0.15) is 35.1 Å². The molecule has 180 valence electrons. The summed E-state index contributed by atoms with van der Waals surface area (Å²) in [6.07, 6.45) is 1.04. The van der Waals surface area contributed by atoms with Gasteiger partial charge in [-0.2, -0.15) is 23.5 Å². The molecule has 3 rings (SSSR count). The van der Waals surface area contributed by atoms with Crippen molar-refractivity contribution in [1.29, 1.82) is 0 Å². The number of aromatic nitrogens is 1. The van der Waals surface area contributed by atoms with Crippen molar-refractivity contribution in [2.24, 2.45) is 0 Å². The molecule has 2 bridgehead atoms. The van der Waals surface area contributed by atoms with Crippen LogP contribution in [0.15, 0.2) is 48.5 Å². The number of amides is 3. The maximum Gasteiger partial charge on any atom is 0.251 e. The SMILES string of the molecule is CC[C@@H]1NC(=O)[C@@H](NC(=O)c2ccccc2)CSCc2cccc(n2)CSC[C@@H](C=O)NC1=O. The number of thioether (sulfide) groups is 2. The van der Waals surface area contributed by atoms with E-state index in [4.69, 9.17) is 0 Å². The van der Waals surface area contributed by atoms with Gasteiger partial charge in [-0.25, -0.2) is 0 Å². The Hall–Kier alpha value is -2.85. The summed E-state index contributed by atoms with van der Waals surface area (Å²) in [5.41, 5.74) is 2.19. The van der Waals surface area contributed by atoms with Crippen molar-refractivity contribution in [3.8, 4) is 0 Å². The van der Waals surface area contributed by atoms with Gasteiger partial charge in [-0.15, -0.1) is 0 Å². The Labute approximate surface area is 207 Å². The van der Waals surface area contributed by atoms with E-state index in [1.165, 1.54) is 23.5 Å². The van der Waals surface area contributed by atoms with Gasteiger partial charge in [0.25, 0.3) is 5.91 Å². The smallest absolute Gasteiger partial charge is 0.251 e. The highest BCUT2D eigenvalue weighted by molar-refractivity contribution is 7.98. The molecular weight excluding hydrogens is 472 g/mol. The molecular formula is C24H28N4O4S2. The van der Waals surface area contributed by atoms with Crippen LogP contribution in [0.2, 0.25) is 0 Å². The predicted octanol–water partition coefficient (Wildman–Crippen LogP) is 1.94. The number of carbonyl (C=O) groups is 4. The molecule has 0 aliphatic carbocycles. The zero-order valence-corrected chi connectivity index (χ0v) is 20.5. The van der Waals surface area contributed by atoms with Gasteiger partial charge in [-0.05, 0) is 30.7 Å². The van der Waals surface area contributed by atoms with Crippen molar-refractivity contribution in [2.45, 2.75) is 43.0 Å². The number of nitrogens with zero attached hydrogens (tertiary/aromatic N) is 1. The van der Waals surface area contributed by atoms with E-state index in [2.05, 4.69) is 20.9 Å². The number of pyridine rings is 1. The Kier molecular flexibility index (Phi) is 9.96. The lowest BCUT2D eigenvalue weighted by molar-refractivity contribution is -0.130. The zero-order valence-electron chi connectivity index (χ0n) is 18.9. The molecule has 2 heterocycles. The molecule has 0 unspecified atom stereocenters. The topological polar surface area (TPSA) is 117 Å². The minimum absolute atomic E-state index is 0.306. The lowest BCUT2D eigenvalue weighted by atomic mass is 10.1. The van der Waals surface area contributed by atoms with Crippen molar-refractivity contribution in [2.75, 3.05) is 11.5 Å². The molecule has 2 aromatic rings. The summed E-state index contributed by atoms with van der Waals surface area (Å²) in [6, 6.07) is 12.1. The van der Waals surface area contributed by atoms with E-state index in [0.717, 1.165) is 11.4 Å². The van der Waals surface area contributed by atoms with Crippen LogP contribution in [0.3, 0.4) is 0 Å². The van der Waals surface area contributed by atoms with Crippen LogP contribution in [-0.4, -0.2) is 58.6 Å². The summed E-state index contributed by atoms with van der Waals surface area (Å²) in [6.45, 7) is 1.78. The summed E-state index contributed by atoms with van der Waals surface area (Å²) in [7, 11) is 0. The first-order valence-electron chi connectivity index (χ1n) is 11.0. The van der Waals surface area contributed by atoms with Crippen LogP contribution >= 0.6 is 23.5 Å². The zero-order chi connectivity index (χ0) is 24.3. The molecule has 0 radical (unpaired) electrons. The molecule has 0 saturated heterocycles. The molecule has 1 aliphatic rings. The molecule has 3 atom stereocenters. The molecule has 0 fully saturated rings. The quantitative estimate of drug-likeness (QED) is 0.549. The number of carbonyl (C=O) groups excluding carboxylic acids is 4. The second kappa shape index (κ2) is 13.1. The minimum atomic E-state index is -0.854. The molecule has 10 heteroatoms. The maximum absolute atomic E-state index is 13.1. The summed E-state index contributed by atoms with van der Waals surface area (Å²) in [5.74, 6) is 0.633. The van der Waals surface area contributed by atoms with Crippen LogP contribution in [-0.2, 0) is 25.9 Å². The van der Waals surface area contributed by atoms with Crippen molar-refractivity contribution in [3.05, 3.63) is 65.5 Å². The van der Waals surface area contributed by atoms with Gasteiger partial charge < -0.3 is 20.7 Å². The van der Waals surface area contributed by atoms with Crippen molar-refractivity contribution >= 4 is 47.5 Å². The van der Waals surface area contributed by atoms with Gasteiger partial charge in [0, 0.05) is 28.6 Å². The van der Waals surface area contributed by atoms with E-state index in [1.54, 1.807) is 31.2 Å². The molecule has 0 saturated carbocycles. The predicted molar refractivity (Wildman–Crippen MR) is 134 cm³/mol. The highest BCUT2D eigenvalue weighted by atomic mass is 32.2. The molecule has 34 heavy (non-hydrogen) atoms. The third kappa shape index (κ3) is 7.59. The van der Waals surface area contributed by atoms with E-state index in [9.17, 15) is 19.2 Å². The van der Waals surface area contributed by atoms with Gasteiger partial charge in [0.2, 0.25) is 11.8 Å². The fourth-order valence-corrected chi connectivity index (χ4v) is 5.16. The molecule has 8 nitrogen and oxygen atoms in total. The van der Waals surface area contributed by atoms with Crippen molar-refractivity contribution < 1.29 is 19.2 Å². The number of nitrogens with one attached hydrogen (secondary N) is 3. The first-order chi connectivity index (χ1) is 16.5. The van der Waals surface area contributed by atoms with E-state index in [0.29, 0.717) is 41.3 Å². The van der Waals surface area contributed by atoms with Gasteiger partial charge >= 0.3 is 0 Å². The lowest BCUT2D eigenvalue weighted by Crippen LogP contribution is -2.55. The maximum atomic E-state index is 13.1. The molecule has 1 aromatic carbocycles. The van der Waals surface area contributed by atoms with Crippen LogP contribution in [0.25, 0.3) is 0 Å². The third-order valence-corrected chi connectivity index (χ3v) is 7.30. The Bertz CT molecular complexity index is 1010. The first-order valence-corrected chi connectivity index (χ1v) is 13.3. The molecule has 3 amide bonds. The number of fused-ring (bicyclic) bond motifs is 2. The second-order valence-electron chi connectivity index (χ2n) is 7.76. The highest BCUT2D eigenvalue weighted by Gasteiger charge is 2.27. The lowest BCUT2D eigenvalue weighted by Gasteiger charge is -2.23. The second-order valence-corrected chi connectivity index (χ2v) is 9.82. The summed E-state index contributed by atoms with van der Waals surface area (Å²) >= 11 is 2.99. The van der Waals surface area contributed by atoms with Crippen LogP contribution < -0.4 is 16.0 Å². The van der Waals surface area contributed by atoms with Crippen molar-refractivity contribution in [1.82, 2.24) is 20.9 Å². The molecule has 3 N–H and O–H groups in total. The largest absolute Gasteiger partial charge is 0.344 e. The average molecular weight is 501 g/mol. The number of hydrogen-bond acceptors (Lipinski definition) is 7. The minimum Gasteiger partial charge on any atom is -0.344 e. The normalized spacial score (nSPS) is 22.2.